The average Bonchev–Trinajstić information content (AvgIpc) is 2.90. The zero-order chi connectivity index (χ0) is 15.5. The molecular formula is C16H14N2O3S. The number of aliphatic hydroxyl groups excluding tert-OH is 1. The van der Waals surface area contributed by atoms with Crippen molar-refractivity contribution in [1.82, 2.24) is 9.27 Å². The molecule has 0 aliphatic carbocycles. The lowest BCUT2D eigenvalue weighted by atomic mass is 10.2. The molecule has 0 bridgehead atoms. The van der Waals surface area contributed by atoms with Crippen LogP contribution in [-0.2, 0) is 0 Å². The monoisotopic (exact) mass is 314 g/mol. The van der Waals surface area contributed by atoms with Gasteiger partial charge in [0, 0.05) is 12.1 Å². The molecule has 3 rings (SSSR count). The molecule has 0 saturated heterocycles. The molecule has 0 aliphatic heterocycles. The number of aromatic nitrogens is 1. The molecule has 2 N–H and O–H groups in total. The predicted molar refractivity (Wildman–Crippen MR) is 86.8 cm³/mol. The molecule has 22 heavy (non-hydrogen) atoms. The third-order valence-electron chi connectivity index (χ3n) is 3.25. The van der Waals surface area contributed by atoms with Crippen LogP contribution in [0.4, 0.5) is 0 Å². The van der Waals surface area contributed by atoms with Crippen molar-refractivity contribution in [2.24, 2.45) is 0 Å². The summed E-state index contributed by atoms with van der Waals surface area (Å²) >= 11 is 1.38. The number of nitrogens with one attached hydrogen (secondary N) is 1. The second-order valence-corrected chi connectivity index (χ2v) is 5.70. The molecule has 0 atom stereocenters. The van der Waals surface area contributed by atoms with Crippen LogP contribution in [0.15, 0.2) is 53.3 Å². The van der Waals surface area contributed by atoms with E-state index >= 15 is 0 Å². The topological polar surface area (TPSA) is 71.3 Å². The first-order chi connectivity index (χ1) is 10.7. The van der Waals surface area contributed by atoms with Gasteiger partial charge in [0.1, 0.15) is 0 Å². The molecule has 1 aromatic heterocycles. The molecular weight excluding hydrogens is 300 g/mol. The summed E-state index contributed by atoms with van der Waals surface area (Å²) in [7, 11) is 0. The fourth-order valence-electron chi connectivity index (χ4n) is 2.16. The second-order valence-electron chi connectivity index (χ2n) is 4.71. The first-order valence-electron chi connectivity index (χ1n) is 6.81. The quantitative estimate of drug-likeness (QED) is 0.771. The minimum atomic E-state index is -0.246. The number of nitrogens with zero attached hydrogens (tertiary/aromatic N) is 1. The standard InChI is InChI=1S/C16H14N2O3S/c19-10-9-17-15(20)11-5-7-12(8-6-11)18-16(21)13-3-1-2-4-14(13)22-18/h1-8,19H,9-10H2,(H,17,20). The largest absolute Gasteiger partial charge is 0.395 e. The zero-order valence-corrected chi connectivity index (χ0v) is 12.5. The van der Waals surface area contributed by atoms with E-state index in [-0.39, 0.29) is 24.6 Å². The van der Waals surface area contributed by atoms with E-state index in [1.807, 2.05) is 18.2 Å². The van der Waals surface area contributed by atoms with Gasteiger partial charge in [-0.1, -0.05) is 23.7 Å². The molecule has 0 fully saturated rings. The number of aliphatic hydroxyl groups is 1. The summed E-state index contributed by atoms with van der Waals surface area (Å²) in [6, 6.07) is 14.3. The van der Waals surface area contributed by atoms with Gasteiger partial charge in [-0.3, -0.25) is 9.59 Å². The highest BCUT2D eigenvalue weighted by Crippen LogP contribution is 2.20. The first-order valence-corrected chi connectivity index (χ1v) is 7.58. The van der Waals surface area contributed by atoms with E-state index < -0.39 is 0 Å². The van der Waals surface area contributed by atoms with Gasteiger partial charge in [-0.2, -0.15) is 0 Å². The molecule has 112 valence electrons. The Morgan fingerprint density at radius 1 is 1.14 bits per heavy atom. The van der Waals surface area contributed by atoms with Crippen LogP contribution in [-0.4, -0.2) is 28.1 Å². The van der Waals surface area contributed by atoms with E-state index in [1.54, 1.807) is 34.3 Å². The molecule has 0 spiro atoms. The Balaban J connectivity index is 1.93. The third-order valence-corrected chi connectivity index (χ3v) is 4.36. The van der Waals surface area contributed by atoms with Gasteiger partial charge in [-0.05, 0) is 36.4 Å². The van der Waals surface area contributed by atoms with Gasteiger partial charge >= 0.3 is 0 Å². The van der Waals surface area contributed by atoms with Gasteiger partial charge in [0.15, 0.2) is 0 Å². The number of amides is 1. The van der Waals surface area contributed by atoms with Crippen LogP contribution >= 0.6 is 11.5 Å². The van der Waals surface area contributed by atoms with Crippen LogP contribution in [0.2, 0.25) is 0 Å². The van der Waals surface area contributed by atoms with Crippen molar-refractivity contribution in [3.05, 3.63) is 64.4 Å². The van der Waals surface area contributed by atoms with Crippen molar-refractivity contribution < 1.29 is 9.90 Å². The Bertz CT molecular complexity index is 865. The zero-order valence-electron chi connectivity index (χ0n) is 11.7. The minimum Gasteiger partial charge on any atom is -0.395 e. The van der Waals surface area contributed by atoms with Crippen LogP contribution in [0.25, 0.3) is 15.8 Å². The SMILES string of the molecule is O=C(NCCO)c1ccc(-n2sc3ccccc3c2=O)cc1. The maximum absolute atomic E-state index is 12.4. The molecule has 6 heteroatoms. The highest BCUT2D eigenvalue weighted by atomic mass is 32.1. The Morgan fingerprint density at radius 3 is 2.55 bits per heavy atom. The van der Waals surface area contributed by atoms with Crippen molar-refractivity contribution >= 4 is 27.5 Å². The predicted octanol–water partition coefficient (Wildman–Crippen LogP) is 1.77. The molecule has 1 heterocycles. The lowest BCUT2D eigenvalue weighted by molar-refractivity contribution is 0.0945. The Labute approximate surface area is 130 Å². The molecule has 2 aromatic carbocycles. The summed E-state index contributed by atoms with van der Waals surface area (Å²) in [6.07, 6.45) is 0. The molecule has 3 aromatic rings. The van der Waals surface area contributed by atoms with E-state index in [2.05, 4.69) is 5.32 Å². The molecule has 0 saturated carbocycles. The minimum absolute atomic E-state index is 0.0573. The van der Waals surface area contributed by atoms with E-state index in [4.69, 9.17) is 5.11 Å². The Morgan fingerprint density at radius 2 is 1.86 bits per heavy atom. The number of rotatable bonds is 4. The summed E-state index contributed by atoms with van der Waals surface area (Å²) < 4.78 is 2.54. The molecule has 1 amide bonds. The summed E-state index contributed by atoms with van der Waals surface area (Å²) in [4.78, 5) is 24.1. The number of benzene rings is 2. The van der Waals surface area contributed by atoms with Gasteiger partial charge in [0.05, 0.1) is 22.4 Å². The number of carbonyl (C=O) groups is 1. The van der Waals surface area contributed by atoms with Crippen LogP contribution in [0.5, 0.6) is 0 Å². The highest BCUT2D eigenvalue weighted by molar-refractivity contribution is 7.14. The lowest BCUT2D eigenvalue weighted by Gasteiger charge is -2.04. The van der Waals surface area contributed by atoms with Crippen molar-refractivity contribution in [3.8, 4) is 5.69 Å². The van der Waals surface area contributed by atoms with Gasteiger partial charge in [0.25, 0.3) is 11.5 Å². The highest BCUT2D eigenvalue weighted by Gasteiger charge is 2.10. The van der Waals surface area contributed by atoms with Crippen molar-refractivity contribution in [1.29, 1.82) is 0 Å². The lowest BCUT2D eigenvalue weighted by Crippen LogP contribution is -2.26. The number of carbonyl (C=O) groups excluding carboxylic acids is 1. The van der Waals surface area contributed by atoms with Crippen LogP contribution in [0.3, 0.4) is 0 Å². The normalized spacial score (nSPS) is 10.8. The third kappa shape index (κ3) is 2.66. The van der Waals surface area contributed by atoms with Crippen molar-refractivity contribution in [2.75, 3.05) is 13.2 Å². The van der Waals surface area contributed by atoms with Crippen molar-refractivity contribution in [3.63, 3.8) is 0 Å². The van der Waals surface area contributed by atoms with E-state index in [1.165, 1.54) is 11.5 Å². The number of hydrogen-bond donors (Lipinski definition) is 2. The smallest absolute Gasteiger partial charge is 0.273 e. The molecule has 5 nitrogen and oxygen atoms in total. The molecule has 0 aliphatic rings. The van der Waals surface area contributed by atoms with Crippen LogP contribution < -0.4 is 10.9 Å². The van der Waals surface area contributed by atoms with Crippen LogP contribution in [0, 0.1) is 0 Å². The molecule has 0 unspecified atom stereocenters. The average molecular weight is 314 g/mol. The van der Waals surface area contributed by atoms with Crippen LogP contribution in [0.1, 0.15) is 10.4 Å². The number of fused-ring (bicyclic) bond motifs is 1. The van der Waals surface area contributed by atoms with Gasteiger partial charge in [0.2, 0.25) is 0 Å². The van der Waals surface area contributed by atoms with E-state index in [0.29, 0.717) is 10.9 Å². The summed E-state index contributed by atoms with van der Waals surface area (Å²) in [5.74, 6) is -0.246. The fraction of sp³-hybridized carbons (Fsp3) is 0.125. The van der Waals surface area contributed by atoms with E-state index in [9.17, 15) is 9.59 Å². The summed E-state index contributed by atoms with van der Waals surface area (Å²) in [5.41, 5.74) is 1.16. The van der Waals surface area contributed by atoms with E-state index in [0.717, 1.165) is 10.4 Å². The van der Waals surface area contributed by atoms with Gasteiger partial charge in [-0.15, -0.1) is 0 Å². The number of hydrogen-bond acceptors (Lipinski definition) is 4. The summed E-state index contributed by atoms with van der Waals surface area (Å²) in [6.45, 7) is 0.122. The Kier molecular flexibility index (Phi) is 4.04. The first kappa shape index (κ1) is 14.5. The van der Waals surface area contributed by atoms with Gasteiger partial charge in [-0.25, -0.2) is 3.96 Å². The Hall–Kier alpha value is -2.44. The maximum atomic E-state index is 12.4. The molecule has 0 radical (unpaired) electrons. The van der Waals surface area contributed by atoms with Crippen molar-refractivity contribution in [2.45, 2.75) is 0 Å². The second kappa shape index (κ2) is 6.13. The maximum Gasteiger partial charge on any atom is 0.273 e. The van der Waals surface area contributed by atoms with Gasteiger partial charge < -0.3 is 10.4 Å². The fourth-order valence-corrected chi connectivity index (χ4v) is 3.16. The summed E-state index contributed by atoms with van der Waals surface area (Å²) in [5, 5.41) is 12.0.